The summed E-state index contributed by atoms with van der Waals surface area (Å²) in [5.41, 5.74) is 2.95. The lowest BCUT2D eigenvalue weighted by Gasteiger charge is -2.17. The van der Waals surface area contributed by atoms with E-state index in [-0.39, 0.29) is 12.1 Å². The molecule has 2 rings (SSSR count). The second-order valence-electron chi connectivity index (χ2n) is 5.86. The van der Waals surface area contributed by atoms with Gasteiger partial charge in [0.2, 0.25) is 0 Å². The average molecular weight is 328 g/mol. The maximum absolute atomic E-state index is 11.9. The van der Waals surface area contributed by atoms with E-state index in [1.807, 2.05) is 45.9 Å². The van der Waals surface area contributed by atoms with Crippen LogP contribution in [0.15, 0.2) is 30.5 Å². The fourth-order valence-electron chi connectivity index (χ4n) is 2.33. The highest BCUT2D eigenvalue weighted by molar-refractivity contribution is 5.74. The van der Waals surface area contributed by atoms with E-state index in [1.165, 1.54) is 0 Å². The number of amides is 2. The highest BCUT2D eigenvalue weighted by Gasteiger charge is 2.10. The minimum atomic E-state index is -0.246. The Hall–Kier alpha value is -2.63. The van der Waals surface area contributed by atoms with Crippen LogP contribution in [-0.4, -0.2) is 28.6 Å². The van der Waals surface area contributed by atoms with Gasteiger partial charge in [0, 0.05) is 6.20 Å². The molecule has 0 bridgehead atoms. The number of carbonyl (C=O) groups excluding carboxylic acids is 1. The molecule has 0 aliphatic heterocycles. The predicted octanol–water partition coefficient (Wildman–Crippen LogP) is 2.67. The van der Waals surface area contributed by atoms with Crippen LogP contribution in [0.3, 0.4) is 0 Å². The van der Waals surface area contributed by atoms with Crippen LogP contribution >= 0.6 is 0 Å². The van der Waals surface area contributed by atoms with Crippen molar-refractivity contribution in [3.63, 3.8) is 0 Å². The number of hydrogen-bond acceptors (Lipinski definition) is 4. The van der Waals surface area contributed by atoms with Gasteiger partial charge in [0.25, 0.3) is 0 Å². The standard InChI is InChI=1S/C18H24N4O2/c1-12-6-5-7-13(2)17(12)24-11-14(3)21-18(23)20-10-16-8-9-19-15(4)22-16/h5-9,14H,10-11H2,1-4H3,(H2,20,21,23)/t14-/m1/s1. The molecule has 2 N–H and O–H groups in total. The van der Waals surface area contributed by atoms with Crippen LogP contribution in [0.1, 0.15) is 29.6 Å². The van der Waals surface area contributed by atoms with Crippen molar-refractivity contribution in [2.24, 2.45) is 0 Å². The summed E-state index contributed by atoms with van der Waals surface area (Å²) in [4.78, 5) is 20.2. The molecule has 1 aromatic heterocycles. The van der Waals surface area contributed by atoms with Crippen molar-refractivity contribution in [1.82, 2.24) is 20.6 Å². The maximum atomic E-state index is 11.9. The monoisotopic (exact) mass is 328 g/mol. The molecule has 0 radical (unpaired) electrons. The van der Waals surface area contributed by atoms with Crippen LogP contribution in [0.4, 0.5) is 4.79 Å². The highest BCUT2D eigenvalue weighted by atomic mass is 16.5. The number of hydrogen-bond donors (Lipinski definition) is 2. The molecule has 6 nitrogen and oxygen atoms in total. The SMILES string of the molecule is Cc1nccc(CNC(=O)N[C@H](C)COc2c(C)cccc2C)n1. The molecule has 1 aromatic carbocycles. The molecule has 0 saturated carbocycles. The zero-order chi connectivity index (χ0) is 17.5. The Balaban J connectivity index is 1.77. The fraction of sp³-hybridized carbons (Fsp3) is 0.389. The first-order valence-electron chi connectivity index (χ1n) is 7.97. The Bertz CT molecular complexity index is 683. The molecule has 6 heteroatoms. The van der Waals surface area contributed by atoms with Crippen molar-refractivity contribution in [1.29, 1.82) is 0 Å². The largest absolute Gasteiger partial charge is 0.491 e. The molecule has 2 amide bonds. The summed E-state index contributed by atoms with van der Waals surface area (Å²) in [6.45, 7) is 8.51. The average Bonchev–Trinajstić information content (AvgIpc) is 2.52. The number of aromatic nitrogens is 2. The molecule has 0 fully saturated rings. The number of nitrogens with zero attached hydrogens (tertiary/aromatic N) is 2. The third-order valence-electron chi connectivity index (χ3n) is 3.53. The van der Waals surface area contributed by atoms with E-state index in [0.717, 1.165) is 22.6 Å². The van der Waals surface area contributed by atoms with Crippen molar-refractivity contribution >= 4 is 6.03 Å². The Labute approximate surface area is 142 Å². The number of carbonyl (C=O) groups is 1. The molecule has 2 aromatic rings. The fourth-order valence-corrected chi connectivity index (χ4v) is 2.33. The molecular weight excluding hydrogens is 304 g/mol. The predicted molar refractivity (Wildman–Crippen MR) is 93.0 cm³/mol. The van der Waals surface area contributed by atoms with E-state index in [2.05, 4.69) is 20.6 Å². The lowest BCUT2D eigenvalue weighted by atomic mass is 10.1. The van der Waals surface area contributed by atoms with Gasteiger partial charge in [-0.25, -0.2) is 14.8 Å². The number of ether oxygens (including phenoxy) is 1. The van der Waals surface area contributed by atoms with Crippen LogP contribution in [0.5, 0.6) is 5.75 Å². The van der Waals surface area contributed by atoms with Crippen molar-refractivity contribution in [3.05, 3.63) is 53.1 Å². The summed E-state index contributed by atoms with van der Waals surface area (Å²) < 4.78 is 5.85. The Kier molecular flexibility index (Phi) is 6.12. The van der Waals surface area contributed by atoms with Crippen LogP contribution < -0.4 is 15.4 Å². The summed E-state index contributed by atoms with van der Waals surface area (Å²) >= 11 is 0. The molecular formula is C18H24N4O2. The van der Waals surface area contributed by atoms with Gasteiger partial charge in [0.05, 0.1) is 18.3 Å². The molecule has 0 saturated heterocycles. The van der Waals surface area contributed by atoms with Gasteiger partial charge in [-0.2, -0.15) is 0 Å². The number of urea groups is 1. The molecule has 1 atom stereocenters. The maximum Gasteiger partial charge on any atom is 0.315 e. The Morgan fingerprint density at radius 2 is 1.92 bits per heavy atom. The molecule has 24 heavy (non-hydrogen) atoms. The summed E-state index contributed by atoms with van der Waals surface area (Å²) in [5, 5.41) is 5.64. The van der Waals surface area contributed by atoms with Gasteiger partial charge in [-0.3, -0.25) is 0 Å². The van der Waals surface area contributed by atoms with Gasteiger partial charge < -0.3 is 15.4 Å². The second-order valence-corrected chi connectivity index (χ2v) is 5.86. The van der Waals surface area contributed by atoms with Gasteiger partial charge >= 0.3 is 6.03 Å². The van der Waals surface area contributed by atoms with Gasteiger partial charge in [0.1, 0.15) is 18.2 Å². The van der Waals surface area contributed by atoms with Crippen LogP contribution in [0, 0.1) is 20.8 Å². The molecule has 0 aliphatic carbocycles. The minimum Gasteiger partial charge on any atom is -0.491 e. The zero-order valence-electron chi connectivity index (χ0n) is 14.6. The van der Waals surface area contributed by atoms with E-state index < -0.39 is 0 Å². The van der Waals surface area contributed by atoms with E-state index in [4.69, 9.17) is 4.74 Å². The molecule has 0 spiro atoms. The van der Waals surface area contributed by atoms with Crippen molar-refractivity contribution in [2.75, 3.05) is 6.61 Å². The molecule has 0 aliphatic rings. The van der Waals surface area contributed by atoms with Gasteiger partial charge in [0.15, 0.2) is 0 Å². The van der Waals surface area contributed by atoms with E-state index >= 15 is 0 Å². The van der Waals surface area contributed by atoms with Gasteiger partial charge in [-0.15, -0.1) is 0 Å². The molecule has 128 valence electrons. The lowest BCUT2D eigenvalue weighted by molar-refractivity contribution is 0.225. The van der Waals surface area contributed by atoms with Crippen molar-refractivity contribution < 1.29 is 9.53 Å². The second kappa shape index (κ2) is 8.29. The highest BCUT2D eigenvalue weighted by Crippen LogP contribution is 2.22. The van der Waals surface area contributed by atoms with E-state index in [0.29, 0.717) is 19.0 Å². The van der Waals surface area contributed by atoms with Crippen LogP contribution in [0.2, 0.25) is 0 Å². The lowest BCUT2D eigenvalue weighted by Crippen LogP contribution is -2.43. The van der Waals surface area contributed by atoms with Gasteiger partial charge in [-0.1, -0.05) is 18.2 Å². The zero-order valence-corrected chi connectivity index (χ0v) is 14.6. The molecule has 1 heterocycles. The first-order valence-corrected chi connectivity index (χ1v) is 7.97. The van der Waals surface area contributed by atoms with E-state index in [1.54, 1.807) is 12.3 Å². The number of aryl methyl sites for hydroxylation is 3. The summed E-state index contributed by atoms with van der Waals surface area (Å²) in [7, 11) is 0. The number of para-hydroxylation sites is 1. The number of nitrogens with one attached hydrogen (secondary N) is 2. The quantitative estimate of drug-likeness (QED) is 0.855. The van der Waals surface area contributed by atoms with E-state index in [9.17, 15) is 4.79 Å². The topological polar surface area (TPSA) is 76.1 Å². The summed E-state index contributed by atoms with van der Waals surface area (Å²) in [5.74, 6) is 1.56. The summed E-state index contributed by atoms with van der Waals surface area (Å²) in [6.07, 6.45) is 1.68. The minimum absolute atomic E-state index is 0.115. The smallest absolute Gasteiger partial charge is 0.315 e. The first kappa shape index (κ1) is 17.7. The van der Waals surface area contributed by atoms with Crippen LogP contribution in [-0.2, 0) is 6.54 Å². The van der Waals surface area contributed by atoms with Gasteiger partial charge in [-0.05, 0) is 44.9 Å². The number of benzene rings is 1. The van der Waals surface area contributed by atoms with Crippen LogP contribution in [0.25, 0.3) is 0 Å². The Morgan fingerprint density at radius 3 is 2.58 bits per heavy atom. The Morgan fingerprint density at radius 1 is 1.21 bits per heavy atom. The van der Waals surface area contributed by atoms with Crippen molar-refractivity contribution in [2.45, 2.75) is 40.3 Å². The van der Waals surface area contributed by atoms with Crippen molar-refractivity contribution in [3.8, 4) is 5.75 Å². The number of rotatable bonds is 6. The summed E-state index contributed by atoms with van der Waals surface area (Å²) in [6, 6.07) is 7.44. The molecule has 0 unspecified atom stereocenters. The first-order chi connectivity index (χ1) is 11.5. The third-order valence-corrected chi connectivity index (χ3v) is 3.53. The normalized spacial score (nSPS) is 11.7. The third kappa shape index (κ3) is 5.22.